The highest BCUT2D eigenvalue weighted by molar-refractivity contribution is 7.51. The Morgan fingerprint density at radius 3 is 2.57 bits per heavy atom. The highest BCUT2D eigenvalue weighted by atomic mass is 31.2. The van der Waals surface area contributed by atoms with Crippen LogP contribution in [0.2, 0.25) is 0 Å². The van der Waals surface area contributed by atoms with Crippen molar-refractivity contribution in [1.29, 1.82) is 0 Å². The van der Waals surface area contributed by atoms with Gasteiger partial charge < -0.3 is 14.2 Å². The minimum atomic E-state index is -3.35. The number of rotatable bonds is 7. The lowest BCUT2D eigenvalue weighted by Gasteiger charge is -2.40. The third-order valence-corrected chi connectivity index (χ3v) is 7.61. The lowest BCUT2D eigenvalue weighted by molar-refractivity contribution is 0.125. The number of halogens is 1. The zero-order valence-electron chi connectivity index (χ0n) is 17.0. The lowest BCUT2D eigenvalue weighted by Crippen LogP contribution is -2.40. The molecule has 7 nitrogen and oxygen atoms in total. The highest BCUT2D eigenvalue weighted by Crippen LogP contribution is 2.53. The summed E-state index contributed by atoms with van der Waals surface area (Å²) in [5.74, 6) is 1.85. The van der Waals surface area contributed by atoms with Crippen LogP contribution in [0.1, 0.15) is 17.9 Å². The first-order valence-electron chi connectivity index (χ1n) is 9.77. The van der Waals surface area contributed by atoms with E-state index in [0.29, 0.717) is 36.9 Å². The van der Waals surface area contributed by atoms with Crippen LogP contribution < -0.4 is 14.2 Å². The molecule has 0 bridgehead atoms. The third-order valence-electron chi connectivity index (χ3n) is 5.63. The molecule has 0 N–H and O–H groups in total. The second-order valence-electron chi connectivity index (χ2n) is 7.28. The third kappa shape index (κ3) is 4.32. The molecule has 2 aliphatic rings. The summed E-state index contributed by atoms with van der Waals surface area (Å²) in [5.41, 5.74) is 1.03. The van der Waals surface area contributed by atoms with Crippen LogP contribution >= 0.6 is 7.75 Å². The van der Waals surface area contributed by atoms with Gasteiger partial charge in [-0.2, -0.15) is 0 Å². The molecular weight excluding hydrogens is 412 g/mol. The minimum absolute atomic E-state index is 0.00624. The van der Waals surface area contributed by atoms with Crippen molar-refractivity contribution < 1.29 is 32.2 Å². The van der Waals surface area contributed by atoms with Gasteiger partial charge in [0.2, 0.25) is 6.79 Å². The molecule has 2 atom stereocenters. The van der Waals surface area contributed by atoms with Crippen LogP contribution in [0.5, 0.6) is 17.2 Å². The highest BCUT2D eigenvalue weighted by Gasteiger charge is 2.40. The largest absolute Gasteiger partial charge is 0.493 e. The molecule has 0 aliphatic carbocycles. The van der Waals surface area contributed by atoms with E-state index in [-0.39, 0.29) is 24.4 Å². The molecule has 0 amide bonds. The summed E-state index contributed by atoms with van der Waals surface area (Å²) in [7, 11) is -0.578. The van der Waals surface area contributed by atoms with Crippen LogP contribution in [0.25, 0.3) is 0 Å². The molecule has 1 fully saturated rings. The van der Waals surface area contributed by atoms with Crippen LogP contribution in [-0.2, 0) is 13.6 Å². The number of ether oxygens (including phenoxy) is 3. The van der Waals surface area contributed by atoms with Crippen molar-refractivity contribution in [3.8, 4) is 17.2 Å². The maximum atomic E-state index is 13.4. The van der Waals surface area contributed by atoms with Crippen LogP contribution in [0.15, 0.2) is 42.5 Å². The Morgan fingerprint density at radius 2 is 1.83 bits per heavy atom. The van der Waals surface area contributed by atoms with Gasteiger partial charge in [-0.25, -0.2) is 13.6 Å². The van der Waals surface area contributed by atoms with Crippen LogP contribution in [0, 0.1) is 11.7 Å². The van der Waals surface area contributed by atoms with Gasteiger partial charge in [0.25, 0.3) is 0 Å². The Morgan fingerprint density at radius 1 is 1.10 bits per heavy atom. The molecule has 4 rings (SSSR count). The van der Waals surface area contributed by atoms with Crippen molar-refractivity contribution in [2.24, 2.45) is 5.92 Å². The van der Waals surface area contributed by atoms with Gasteiger partial charge in [0.1, 0.15) is 11.6 Å². The Labute approximate surface area is 175 Å². The Hall–Kier alpha value is -2.12. The van der Waals surface area contributed by atoms with E-state index in [4.69, 9.17) is 23.3 Å². The van der Waals surface area contributed by atoms with Crippen molar-refractivity contribution in [1.82, 2.24) is 4.67 Å². The van der Waals surface area contributed by atoms with Gasteiger partial charge in [-0.1, -0.05) is 12.1 Å². The van der Waals surface area contributed by atoms with Crippen molar-refractivity contribution in [3.63, 3.8) is 0 Å². The average Bonchev–Trinajstić information content (AvgIpc) is 3.25. The second kappa shape index (κ2) is 8.94. The van der Waals surface area contributed by atoms with E-state index in [1.807, 2.05) is 12.1 Å². The van der Waals surface area contributed by atoms with E-state index >= 15 is 0 Å². The number of fused-ring (bicyclic) bond motifs is 1. The van der Waals surface area contributed by atoms with E-state index in [9.17, 15) is 8.96 Å². The van der Waals surface area contributed by atoms with Gasteiger partial charge in [0, 0.05) is 39.3 Å². The first-order chi connectivity index (χ1) is 14.5. The predicted molar refractivity (Wildman–Crippen MR) is 109 cm³/mol. The summed E-state index contributed by atoms with van der Waals surface area (Å²) in [6.45, 7) is 1.59. The van der Waals surface area contributed by atoms with Gasteiger partial charge >= 0.3 is 7.75 Å². The topological polar surface area (TPSA) is 66.5 Å². The summed E-state index contributed by atoms with van der Waals surface area (Å²) in [6, 6.07) is 12.0. The fraction of sp³-hybridized carbons (Fsp3) is 0.429. The maximum Gasteiger partial charge on any atom is 0.407 e. The predicted octanol–water partition coefficient (Wildman–Crippen LogP) is 4.44. The van der Waals surface area contributed by atoms with Gasteiger partial charge in [-0.3, -0.25) is 9.05 Å². The second-order valence-corrected chi connectivity index (χ2v) is 9.51. The summed E-state index contributed by atoms with van der Waals surface area (Å²) in [5, 5.41) is 0. The Bertz CT molecular complexity index is 916. The molecule has 2 aromatic rings. The van der Waals surface area contributed by atoms with Crippen molar-refractivity contribution in [3.05, 3.63) is 53.8 Å². The maximum absolute atomic E-state index is 13.4. The van der Waals surface area contributed by atoms with Crippen molar-refractivity contribution in [2.45, 2.75) is 12.3 Å². The number of piperidine rings is 1. The molecule has 0 saturated carbocycles. The summed E-state index contributed by atoms with van der Waals surface area (Å²) < 4.78 is 55.2. The normalized spacial score (nSPS) is 21.6. The fourth-order valence-electron chi connectivity index (χ4n) is 4.03. The minimum Gasteiger partial charge on any atom is -0.493 e. The van der Waals surface area contributed by atoms with E-state index in [2.05, 4.69) is 0 Å². The van der Waals surface area contributed by atoms with Gasteiger partial charge in [-0.15, -0.1) is 0 Å². The van der Waals surface area contributed by atoms with Crippen LogP contribution in [0.3, 0.4) is 0 Å². The van der Waals surface area contributed by atoms with E-state index in [1.54, 1.807) is 22.9 Å². The number of nitrogens with zero attached hydrogens (tertiary/aromatic N) is 1. The zero-order chi connectivity index (χ0) is 21.1. The van der Waals surface area contributed by atoms with Gasteiger partial charge in [0.15, 0.2) is 11.5 Å². The Kier molecular flexibility index (Phi) is 6.29. The smallest absolute Gasteiger partial charge is 0.407 e. The van der Waals surface area contributed by atoms with Crippen molar-refractivity contribution in [2.75, 3.05) is 40.7 Å². The quantitative estimate of drug-likeness (QED) is 0.594. The van der Waals surface area contributed by atoms with Gasteiger partial charge in [-0.05, 0) is 42.2 Å². The molecule has 0 spiro atoms. The fourth-order valence-corrected chi connectivity index (χ4v) is 5.41. The summed E-state index contributed by atoms with van der Waals surface area (Å²) >= 11 is 0. The molecule has 2 aliphatic heterocycles. The van der Waals surface area contributed by atoms with Crippen LogP contribution in [0.4, 0.5) is 4.39 Å². The molecule has 2 heterocycles. The first-order valence-corrected chi connectivity index (χ1v) is 11.3. The van der Waals surface area contributed by atoms with Gasteiger partial charge in [0.05, 0.1) is 6.61 Å². The molecule has 162 valence electrons. The molecule has 0 radical (unpaired) electrons. The zero-order valence-corrected chi connectivity index (χ0v) is 17.8. The standard InChI is InChI=1S/C21H25FNO6P/c1-25-30(24,26-2)23-10-9-19(15-3-5-17(22)6-4-15)16(12-23)13-27-18-7-8-20-21(11-18)29-14-28-20/h3-8,11,16,19H,9-10,12-14H2,1-2H3. The van der Waals surface area contributed by atoms with E-state index < -0.39 is 7.75 Å². The summed E-state index contributed by atoms with van der Waals surface area (Å²) in [4.78, 5) is 0. The first kappa shape index (κ1) is 21.1. The number of hydrogen-bond donors (Lipinski definition) is 0. The molecule has 1 saturated heterocycles. The molecule has 30 heavy (non-hydrogen) atoms. The summed E-state index contributed by atoms with van der Waals surface area (Å²) in [6.07, 6.45) is 0.720. The molecule has 0 aromatic heterocycles. The SMILES string of the molecule is COP(=O)(OC)N1CCC(c2ccc(F)cc2)C(COc2ccc3c(c2)OCO3)C1. The molecule has 2 unspecified atom stereocenters. The van der Waals surface area contributed by atoms with Crippen LogP contribution in [-0.4, -0.2) is 45.4 Å². The van der Waals surface area contributed by atoms with E-state index in [0.717, 1.165) is 12.0 Å². The number of hydrogen-bond acceptors (Lipinski definition) is 6. The lowest BCUT2D eigenvalue weighted by atomic mass is 9.81. The monoisotopic (exact) mass is 437 g/mol. The van der Waals surface area contributed by atoms with Crippen molar-refractivity contribution >= 4 is 7.75 Å². The molecule has 9 heteroatoms. The van der Waals surface area contributed by atoms with E-state index in [1.165, 1.54) is 26.4 Å². The molecule has 2 aromatic carbocycles. The number of benzene rings is 2. The Balaban J connectivity index is 1.53. The molecular formula is C21H25FNO6P. The average molecular weight is 437 g/mol.